The smallest absolute Gasteiger partial charge is 0.254 e. The summed E-state index contributed by atoms with van der Waals surface area (Å²) in [5.74, 6) is 0.435. The fourth-order valence-electron chi connectivity index (χ4n) is 4.14. The molecule has 0 aliphatic carbocycles. The monoisotopic (exact) mass is 471 g/mol. The summed E-state index contributed by atoms with van der Waals surface area (Å²) in [6, 6.07) is 9.38. The van der Waals surface area contributed by atoms with Crippen LogP contribution in [0.1, 0.15) is 23.7 Å². The zero-order valence-electron chi connectivity index (χ0n) is 17.6. The Morgan fingerprint density at radius 2 is 2.19 bits per heavy atom. The van der Waals surface area contributed by atoms with Crippen LogP contribution in [0.2, 0.25) is 5.02 Å². The van der Waals surface area contributed by atoms with Gasteiger partial charge in [0.1, 0.15) is 18.5 Å². The molecule has 1 saturated heterocycles. The van der Waals surface area contributed by atoms with Crippen LogP contribution in [0.3, 0.4) is 0 Å². The molecule has 1 fully saturated rings. The normalized spacial score (nSPS) is 20.3. The van der Waals surface area contributed by atoms with E-state index in [1.807, 2.05) is 19.1 Å². The largest absolute Gasteiger partial charge is 0.474 e. The summed E-state index contributed by atoms with van der Waals surface area (Å²) < 4.78 is 19.7. The number of pyridine rings is 1. The van der Waals surface area contributed by atoms with E-state index >= 15 is 0 Å². The van der Waals surface area contributed by atoms with Crippen molar-refractivity contribution in [2.45, 2.75) is 19.5 Å². The van der Waals surface area contributed by atoms with Gasteiger partial charge in [-0.25, -0.2) is 9.37 Å². The van der Waals surface area contributed by atoms with Crippen LogP contribution in [0.5, 0.6) is 5.88 Å². The molecule has 0 spiro atoms. The van der Waals surface area contributed by atoms with Gasteiger partial charge in [-0.05, 0) is 47.5 Å². The average molecular weight is 472 g/mol. The summed E-state index contributed by atoms with van der Waals surface area (Å²) >= 11 is 8.18. The van der Waals surface area contributed by atoms with Gasteiger partial charge in [-0.15, -0.1) is 11.3 Å². The summed E-state index contributed by atoms with van der Waals surface area (Å²) in [5.41, 5.74) is 4.33. The molecule has 0 bridgehead atoms. The van der Waals surface area contributed by atoms with Crippen LogP contribution in [0.15, 0.2) is 41.9 Å². The van der Waals surface area contributed by atoms with Gasteiger partial charge in [-0.2, -0.15) is 0 Å². The predicted molar refractivity (Wildman–Crippen MR) is 127 cm³/mol. The summed E-state index contributed by atoms with van der Waals surface area (Å²) in [6.45, 7) is 3.94. The van der Waals surface area contributed by atoms with Gasteiger partial charge in [-0.3, -0.25) is 4.79 Å². The Morgan fingerprint density at radius 3 is 3.00 bits per heavy atom. The van der Waals surface area contributed by atoms with Crippen molar-refractivity contribution in [2.24, 2.45) is 5.92 Å². The Hall–Kier alpha value is -2.64. The second kappa shape index (κ2) is 8.71. The van der Waals surface area contributed by atoms with Gasteiger partial charge in [-0.1, -0.05) is 24.6 Å². The highest BCUT2D eigenvalue weighted by Crippen LogP contribution is 2.41. The molecule has 5 nitrogen and oxygen atoms in total. The van der Waals surface area contributed by atoms with Crippen LogP contribution in [0.25, 0.3) is 21.6 Å². The van der Waals surface area contributed by atoms with Crippen LogP contribution in [-0.4, -0.2) is 48.2 Å². The van der Waals surface area contributed by atoms with Crippen LogP contribution >= 0.6 is 22.9 Å². The summed E-state index contributed by atoms with van der Waals surface area (Å²) in [4.78, 5) is 19.7. The first-order valence-electron chi connectivity index (χ1n) is 10.7. The van der Waals surface area contributed by atoms with Crippen molar-refractivity contribution in [1.29, 1.82) is 0 Å². The van der Waals surface area contributed by atoms with Gasteiger partial charge in [0.15, 0.2) is 0 Å². The number of carbonyl (C=O) groups excluding carboxylic acids is 1. The number of anilines is 1. The summed E-state index contributed by atoms with van der Waals surface area (Å²) in [6.07, 6.45) is 1.44. The second-order valence-corrected chi connectivity index (χ2v) is 9.56. The zero-order valence-corrected chi connectivity index (χ0v) is 19.2. The van der Waals surface area contributed by atoms with E-state index in [-0.39, 0.29) is 18.4 Å². The van der Waals surface area contributed by atoms with Crippen LogP contribution in [-0.2, 0) is 0 Å². The number of carbonyl (C=O) groups is 1. The van der Waals surface area contributed by atoms with Crippen molar-refractivity contribution >= 4 is 34.5 Å². The molecule has 0 saturated carbocycles. The third-order valence-corrected chi connectivity index (χ3v) is 7.38. The maximum atomic E-state index is 14.1. The number of hydrogen-bond acceptors (Lipinski definition) is 5. The lowest BCUT2D eigenvalue weighted by molar-refractivity contribution is 0.0541. The van der Waals surface area contributed by atoms with E-state index in [1.165, 1.54) is 0 Å². The van der Waals surface area contributed by atoms with Crippen LogP contribution in [0.4, 0.5) is 10.1 Å². The fraction of sp³-hybridized carbons (Fsp3) is 0.333. The molecule has 2 aliphatic rings. The number of nitrogens with one attached hydrogen (secondary N) is 1. The quantitative estimate of drug-likeness (QED) is 0.528. The van der Waals surface area contributed by atoms with Gasteiger partial charge in [0.05, 0.1) is 11.6 Å². The number of ether oxygens (including phenoxy) is 1. The molecular formula is C24H23ClFN3O2S. The van der Waals surface area contributed by atoms with E-state index in [0.29, 0.717) is 36.0 Å². The molecule has 5 rings (SSSR count). The Morgan fingerprint density at radius 1 is 1.31 bits per heavy atom. The molecule has 0 radical (unpaired) electrons. The van der Waals surface area contributed by atoms with E-state index < -0.39 is 6.17 Å². The molecule has 1 N–H and O–H groups in total. The number of amides is 1. The van der Waals surface area contributed by atoms with E-state index in [2.05, 4.69) is 21.7 Å². The van der Waals surface area contributed by atoms with E-state index in [9.17, 15) is 9.18 Å². The Balaban J connectivity index is 1.39. The molecule has 2 atom stereocenters. The first-order chi connectivity index (χ1) is 15.5. The van der Waals surface area contributed by atoms with Gasteiger partial charge in [0.2, 0.25) is 5.88 Å². The number of fused-ring (bicyclic) bond motifs is 1. The maximum Gasteiger partial charge on any atom is 0.254 e. The number of hydrogen-bond donors (Lipinski definition) is 1. The topological polar surface area (TPSA) is 54.5 Å². The second-order valence-electron chi connectivity index (χ2n) is 8.24. The van der Waals surface area contributed by atoms with Crippen molar-refractivity contribution < 1.29 is 13.9 Å². The Labute approximate surface area is 195 Å². The van der Waals surface area contributed by atoms with Crippen molar-refractivity contribution in [3.63, 3.8) is 0 Å². The van der Waals surface area contributed by atoms with Gasteiger partial charge >= 0.3 is 0 Å². The molecule has 1 amide bonds. The summed E-state index contributed by atoms with van der Waals surface area (Å²) in [7, 11) is 0. The lowest BCUT2D eigenvalue weighted by Crippen LogP contribution is -2.44. The Bertz CT molecular complexity index is 1170. The van der Waals surface area contributed by atoms with Gasteiger partial charge in [0, 0.05) is 40.9 Å². The van der Waals surface area contributed by atoms with Crippen molar-refractivity contribution in [3.05, 3.63) is 52.5 Å². The van der Waals surface area contributed by atoms with Gasteiger partial charge in [0.25, 0.3) is 5.91 Å². The molecule has 2 aliphatic heterocycles. The minimum Gasteiger partial charge on any atom is -0.474 e. The molecule has 1 aromatic carbocycles. The Kier molecular flexibility index (Phi) is 5.78. The highest BCUT2D eigenvalue weighted by Gasteiger charge is 2.29. The first-order valence-corrected chi connectivity index (χ1v) is 11.9. The van der Waals surface area contributed by atoms with Crippen molar-refractivity contribution in [2.75, 3.05) is 31.6 Å². The van der Waals surface area contributed by atoms with E-state index in [1.54, 1.807) is 34.6 Å². The standard InChI is InChI=1S/C24H23ClFN3O2S/c1-14-5-8-29(12-20(14)26)24(30)15-2-3-18(19(25)10-15)21-11-16(13-32-21)17-4-6-28-23-22(17)27-7-9-31-23/h2-4,6,10-11,13-14,20,27H,5,7-9,12H2,1H3/t14?,20-/m1/s1. The van der Waals surface area contributed by atoms with E-state index in [4.69, 9.17) is 16.3 Å². The number of piperidine rings is 1. The molecule has 3 aromatic rings. The molecule has 4 heterocycles. The first kappa shape index (κ1) is 21.2. The highest BCUT2D eigenvalue weighted by molar-refractivity contribution is 7.14. The van der Waals surface area contributed by atoms with Crippen LogP contribution in [0, 0.1) is 5.92 Å². The number of thiophene rings is 1. The highest BCUT2D eigenvalue weighted by atomic mass is 35.5. The predicted octanol–water partition coefficient (Wildman–Crippen LogP) is 5.75. The average Bonchev–Trinajstić information content (AvgIpc) is 3.29. The van der Waals surface area contributed by atoms with Crippen molar-refractivity contribution in [3.8, 4) is 27.4 Å². The number of rotatable bonds is 3. The molecule has 2 aromatic heterocycles. The fourth-order valence-corrected chi connectivity index (χ4v) is 5.43. The number of alkyl halides is 1. The minimum atomic E-state index is -0.981. The molecule has 8 heteroatoms. The zero-order chi connectivity index (χ0) is 22.2. The number of aromatic nitrogens is 1. The minimum absolute atomic E-state index is 0.00851. The third-order valence-electron chi connectivity index (χ3n) is 6.10. The molecule has 1 unspecified atom stereocenters. The lowest BCUT2D eigenvalue weighted by atomic mass is 9.96. The summed E-state index contributed by atoms with van der Waals surface area (Å²) in [5, 5.41) is 5.95. The maximum absolute atomic E-state index is 14.1. The molecule has 32 heavy (non-hydrogen) atoms. The third kappa shape index (κ3) is 3.95. The molecule has 166 valence electrons. The number of halogens is 2. The number of likely N-dealkylation sites (tertiary alicyclic amines) is 1. The SMILES string of the molecule is CC1CCN(C(=O)c2ccc(-c3cc(-c4ccnc5c4NCCO5)cs3)c(Cl)c2)C[C@H]1F. The van der Waals surface area contributed by atoms with E-state index in [0.717, 1.165) is 33.8 Å². The van der Waals surface area contributed by atoms with Crippen molar-refractivity contribution in [1.82, 2.24) is 9.88 Å². The molecular weight excluding hydrogens is 449 g/mol. The number of benzene rings is 1. The number of nitrogens with zero attached hydrogens (tertiary/aromatic N) is 2. The lowest BCUT2D eigenvalue weighted by Gasteiger charge is -2.33. The van der Waals surface area contributed by atoms with Gasteiger partial charge < -0.3 is 15.0 Å². The van der Waals surface area contributed by atoms with Crippen LogP contribution < -0.4 is 10.1 Å².